The molecular weight excluding hydrogens is 164 g/mol. The third-order valence-electron chi connectivity index (χ3n) is 2.46. The van der Waals surface area contributed by atoms with Gasteiger partial charge in [-0.2, -0.15) is 0 Å². The van der Waals surface area contributed by atoms with E-state index in [1.165, 1.54) is 0 Å². The molecule has 0 saturated carbocycles. The van der Waals surface area contributed by atoms with Gasteiger partial charge in [0.25, 0.3) is 0 Å². The molecule has 0 amide bonds. The number of likely N-dealkylation sites (N-methyl/N-ethyl adjacent to an activating group) is 1. The first-order valence-electron chi connectivity index (χ1n) is 5.03. The zero-order chi connectivity index (χ0) is 9.90. The summed E-state index contributed by atoms with van der Waals surface area (Å²) in [6.45, 7) is 9.35. The molecule has 1 aliphatic rings. The zero-order valence-corrected chi connectivity index (χ0v) is 9.18. The van der Waals surface area contributed by atoms with E-state index in [2.05, 4.69) is 31.4 Å². The van der Waals surface area contributed by atoms with Crippen LogP contribution < -0.4 is 10.6 Å². The molecule has 1 rings (SSSR count). The molecule has 1 saturated heterocycles. The van der Waals surface area contributed by atoms with Crippen LogP contribution in [0.5, 0.6) is 0 Å². The van der Waals surface area contributed by atoms with Crippen LogP contribution in [0.3, 0.4) is 0 Å². The van der Waals surface area contributed by atoms with Crippen LogP contribution in [-0.4, -0.2) is 38.4 Å². The fourth-order valence-corrected chi connectivity index (χ4v) is 1.56. The monoisotopic (exact) mass is 186 g/mol. The summed E-state index contributed by atoms with van der Waals surface area (Å²) in [6, 6.07) is 0.523. The van der Waals surface area contributed by atoms with E-state index in [1.54, 1.807) is 0 Å². The maximum absolute atomic E-state index is 5.42. The van der Waals surface area contributed by atoms with Gasteiger partial charge in [-0.15, -0.1) is 0 Å². The lowest BCUT2D eigenvalue weighted by Gasteiger charge is -2.25. The highest BCUT2D eigenvalue weighted by molar-refractivity contribution is 4.83. The van der Waals surface area contributed by atoms with Gasteiger partial charge in [0, 0.05) is 24.0 Å². The Labute approximate surface area is 81.2 Å². The molecule has 3 heteroatoms. The van der Waals surface area contributed by atoms with E-state index in [0.717, 1.165) is 19.8 Å². The minimum absolute atomic E-state index is 0.209. The Kier molecular flexibility index (Phi) is 3.71. The third-order valence-corrected chi connectivity index (χ3v) is 2.46. The Morgan fingerprint density at radius 1 is 1.31 bits per heavy atom. The first-order chi connectivity index (χ1) is 6.03. The van der Waals surface area contributed by atoms with Crippen molar-refractivity contribution in [2.45, 2.75) is 32.4 Å². The molecule has 1 heterocycles. The Balaban J connectivity index is 2.28. The minimum Gasteiger partial charge on any atom is -0.379 e. The van der Waals surface area contributed by atoms with Gasteiger partial charge < -0.3 is 15.4 Å². The van der Waals surface area contributed by atoms with Crippen LogP contribution in [0.25, 0.3) is 0 Å². The van der Waals surface area contributed by atoms with Crippen molar-refractivity contribution in [3.63, 3.8) is 0 Å². The molecule has 0 aromatic rings. The highest BCUT2D eigenvalue weighted by atomic mass is 16.5. The normalized spacial score (nSPS) is 29.5. The molecule has 2 unspecified atom stereocenters. The molecule has 0 bridgehead atoms. The SMILES string of the molecule is CNC1COCC1CNC(C)(C)C. The Morgan fingerprint density at radius 3 is 2.54 bits per heavy atom. The fraction of sp³-hybridized carbons (Fsp3) is 1.00. The average Bonchev–Trinajstić information content (AvgIpc) is 2.46. The van der Waals surface area contributed by atoms with E-state index in [9.17, 15) is 0 Å². The van der Waals surface area contributed by atoms with Gasteiger partial charge in [-0.3, -0.25) is 0 Å². The largest absolute Gasteiger partial charge is 0.379 e. The van der Waals surface area contributed by atoms with Gasteiger partial charge in [0.1, 0.15) is 0 Å². The molecule has 0 spiro atoms. The van der Waals surface area contributed by atoms with Crippen LogP contribution in [0.4, 0.5) is 0 Å². The van der Waals surface area contributed by atoms with Crippen LogP contribution in [0.15, 0.2) is 0 Å². The average molecular weight is 186 g/mol. The first-order valence-corrected chi connectivity index (χ1v) is 5.03. The number of ether oxygens (including phenoxy) is 1. The Morgan fingerprint density at radius 2 is 2.00 bits per heavy atom. The highest BCUT2D eigenvalue weighted by Crippen LogP contribution is 2.13. The minimum atomic E-state index is 0.209. The Bertz CT molecular complexity index is 153. The lowest BCUT2D eigenvalue weighted by Crippen LogP contribution is -2.44. The van der Waals surface area contributed by atoms with Gasteiger partial charge in [0.05, 0.1) is 13.2 Å². The van der Waals surface area contributed by atoms with E-state index in [4.69, 9.17) is 4.74 Å². The van der Waals surface area contributed by atoms with Crippen molar-refractivity contribution in [3.8, 4) is 0 Å². The Hall–Kier alpha value is -0.120. The van der Waals surface area contributed by atoms with Gasteiger partial charge >= 0.3 is 0 Å². The predicted octanol–water partition coefficient (Wildman–Crippen LogP) is 0.609. The molecule has 2 N–H and O–H groups in total. The first kappa shape index (κ1) is 11.0. The molecule has 1 fully saturated rings. The van der Waals surface area contributed by atoms with Gasteiger partial charge in [0.2, 0.25) is 0 Å². The second-order valence-electron chi connectivity index (χ2n) is 4.82. The summed E-state index contributed by atoms with van der Waals surface area (Å²) in [6.07, 6.45) is 0. The second kappa shape index (κ2) is 4.40. The number of hydrogen-bond acceptors (Lipinski definition) is 3. The summed E-state index contributed by atoms with van der Waals surface area (Å²) in [5.41, 5.74) is 0.209. The van der Waals surface area contributed by atoms with Crippen molar-refractivity contribution in [1.29, 1.82) is 0 Å². The molecule has 78 valence electrons. The molecule has 2 atom stereocenters. The number of hydrogen-bond donors (Lipinski definition) is 2. The van der Waals surface area contributed by atoms with Gasteiger partial charge in [-0.1, -0.05) is 0 Å². The van der Waals surface area contributed by atoms with Gasteiger partial charge in [-0.05, 0) is 27.8 Å². The molecule has 13 heavy (non-hydrogen) atoms. The summed E-state index contributed by atoms with van der Waals surface area (Å²) < 4.78 is 5.42. The van der Waals surface area contributed by atoms with Crippen LogP contribution >= 0.6 is 0 Å². The fourth-order valence-electron chi connectivity index (χ4n) is 1.56. The van der Waals surface area contributed by atoms with Crippen molar-refractivity contribution >= 4 is 0 Å². The lowest BCUT2D eigenvalue weighted by molar-refractivity contribution is 0.181. The van der Waals surface area contributed by atoms with E-state index >= 15 is 0 Å². The lowest BCUT2D eigenvalue weighted by atomic mass is 10.0. The van der Waals surface area contributed by atoms with Gasteiger partial charge in [-0.25, -0.2) is 0 Å². The molecule has 0 aliphatic carbocycles. The smallest absolute Gasteiger partial charge is 0.0623 e. The zero-order valence-electron chi connectivity index (χ0n) is 9.18. The summed E-state index contributed by atoms with van der Waals surface area (Å²) in [5, 5.41) is 6.79. The van der Waals surface area contributed by atoms with Crippen molar-refractivity contribution in [2.75, 3.05) is 26.8 Å². The number of nitrogens with one attached hydrogen (secondary N) is 2. The van der Waals surface area contributed by atoms with E-state index in [-0.39, 0.29) is 5.54 Å². The van der Waals surface area contributed by atoms with Crippen LogP contribution in [0.1, 0.15) is 20.8 Å². The van der Waals surface area contributed by atoms with Crippen LogP contribution in [0, 0.1) is 5.92 Å². The van der Waals surface area contributed by atoms with Crippen molar-refractivity contribution in [1.82, 2.24) is 10.6 Å². The summed E-state index contributed by atoms with van der Waals surface area (Å²) in [4.78, 5) is 0. The highest BCUT2D eigenvalue weighted by Gasteiger charge is 2.27. The molecule has 0 aromatic heterocycles. The summed E-state index contributed by atoms with van der Waals surface area (Å²) >= 11 is 0. The molecular formula is C10H22N2O. The second-order valence-corrected chi connectivity index (χ2v) is 4.82. The molecule has 0 aromatic carbocycles. The summed E-state index contributed by atoms with van der Waals surface area (Å²) in [5.74, 6) is 0.615. The van der Waals surface area contributed by atoms with Crippen molar-refractivity contribution < 1.29 is 4.74 Å². The van der Waals surface area contributed by atoms with Crippen LogP contribution in [0.2, 0.25) is 0 Å². The van der Waals surface area contributed by atoms with E-state index in [0.29, 0.717) is 12.0 Å². The molecule has 0 radical (unpaired) electrons. The maximum atomic E-state index is 5.42. The van der Waals surface area contributed by atoms with Crippen molar-refractivity contribution in [3.05, 3.63) is 0 Å². The third kappa shape index (κ3) is 3.63. The standard InChI is InChI=1S/C10H22N2O/c1-10(2,3)12-5-8-6-13-7-9(8)11-4/h8-9,11-12H,5-7H2,1-4H3. The van der Waals surface area contributed by atoms with E-state index < -0.39 is 0 Å². The van der Waals surface area contributed by atoms with Crippen molar-refractivity contribution in [2.24, 2.45) is 5.92 Å². The summed E-state index contributed by atoms with van der Waals surface area (Å²) in [7, 11) is 2.00. The molecule has 3 nitrogen and oxygen atoms in total. The van der Waals surface area contributed by atoms with E-state index in [1.807, 2.05) is 7.05 Å². The topological polar surface area (TPSA) is 33.3 Å². The maximum Gasteiger partial charge on any atom is 0.0623 e. The predicted molar refractivity (Wildman–Crippen MR) is 54.9 cm³/mol. The number of rotatable bonds is 3. The van der Waals surface area contributed by atoms with Gasteiger partial charge in [0.15, 0.2) is 0 Å². The molecule has 1 aliphatic heterocycles. The van der Waals surface area contributed by atoms with Crippen LogP contribution in [-0.2, 0) is 4.74 Å². The quantitative estimate of drug-likeness (QED) is 0.677.